The number of aromatic nitrogens is 2. The molecule has 1 aromatic carbocycles. The largest absolute Gasteiger partial charge is 0.382 e. The van der Waals surface area contributed by atoms with Crippen molar-refractivity contribution in [2.24, 2.45) is 0 Å². The Hall–Kier alpha value is -1.19. The topological polar surface area (TPSA) is 43.8 Å². The number of nitrogens with two attached hydrogens (primary N) is 1. The molecule has 3 nitrogen and oxygen atoms in total. The Morgan fingerprint density at radius 1 is 1.38 bits per heavy atom. The summed E-state index contributed by atoms with van der Waals surface area (Å²) < 4.78 is 1.76. The number of hydrogen-bond acceptors (Lipinski definition) is 2. The van der Waals surface area contributed by atoms with Gasteiger partial charge in [-0.25, -0.2) is 0 Å². The van der Waals surface area contributed by atoms with Crippen molar-refractivity contribution in [3.8, 4) is 0 Å². The molecule has 0 atom stereocenters. The normalized spacial score (nSPS) is 10.7. The van der Waals surface area contributed by atoms with Gasteiger partial charge < -0.3 is 5.73 Å². The van der Waals surface area contributed by atoms with Crippen LogP contribution in [0.4, 0.5) is 5.82 Å². The van der Waals surface area contributed by atoms with Crippen LogP contribution in [0.1, 0.15) is 11.1 Å². The van der Waals surface area contributed by atoms with E-state index in [0.29, 0.717) is 22.4 Å². The van der Waals surface area contributed by atoms with Crippen molar-refractivity contribution in [1.82, 2.24) is 9.78 Å². The molecule has 0 aliphatic rings. The summed E-state index contributed by atoms with van der Waals surface area (Å²) >= 11 is 11.9. The first-order valence-electron chi connectivity index (χ1n) is 4.79. The Morgan fingerprint density at radius 3 is 2.69 bits per heavy atom. The third kappa shape index (κ3) is 2.31. The molecule has 0 spiro atoms. The summed E-state index contributed by atoms with van der Waals surface area (Å²) in [6.07, 6.45) is 1.89. The Kier molecular flexibility index (Phi) is 3.08. The van der Waals surface area contributed by atoms with Gasteiger partial charge in [-0.15, -0.1) is 0 Å². The van der Waals surface area contributed by atoms with Crippen LogP contribution < -0.4 is 5.73 Å². The summed E-state index contributed by atoms with van der Waals surface area (Å²) in [7, 11) is 0. The van der Waals surface area contributed by atoms with Gasteiger partial charge in [0.2, 0.25) is 0 Å². The Labute approximate surface area is 104 Å². The minimum atomic E-state index is 0.546. The summed E-state index contributed by atoms with van der Waals surface area (Å²) in [6.45, 7) is 2.51. The SMILES string of the molecule is Cc1cn(Cc2ccc(Cl)cc2Cl)nc1N. The van der Waals surface area contributed by atoms with Crippen LogP contribution in [0.15, 0.2) is 24.4 Å². The van der Waals surface area contributed by atoms with E-state index in [2.05, 4.69) is 5.10 Å². The van der Waals surface area contributed by atoms with Crippen LogP contribution in [-0.4, -0.2) is 9.78 Å². The van der Waals surface area contributed by atoms with E-state index in [0.717, 1.165) is 11.1 Å². The second kappa shape index (κ2) is 4.36. The molecule has 0 unspecified atom stereocenters. The van der Waals surface area contributed by atoms with Gasteiger partial charge in [0.1, 0.15) is 5.82 Å². The monoisotopic (exact) mass is 255 g/mol. The fraction of sp³-hybridized carbons (Fsp3) is 0.182. The van der Waals surface area contributed by atoms with Crippen molar-refractivity contribution in [3.63, 3.8) is 0 Å². The quantitative estimate of drug-likeness (QED) is 0.897. The van der Waals surface area contributed by atoms with E-state index in [1.807, 2.05) is 25.3 Å². The highest BCUT2D eigenvalue weighted by Gasteiger charge is 2.05. The molecule has 0 fully saturated rings. The second-order valence-corrected chi connectivity index (χ2v) is 4.47. The van der Waals surface area contributed by atoms with Gasteiger partial charge in [0.15, 0.2) is 0 Å². The number of nitrogens with zero attached hydrogens (tertiary/aromatic N) is 2. The highest BCUT2D eigenvalue weighted by Crippen LogP contribution is 2.22. The summed E-state index contributed by atoms with van der Waals surface area (Å²) in [4.78, 5) is 0. The van der Waals surface area contributed by atoms with E-state index in [1.54, 1.807) is 10.7 Å². The van der Waals surface area contributed by atoms with Crippen molar-refractivity contribution >= 4 is 29.0 Å². The first kappa shape index (κ1) is 11.3. The summed E-state index contributed by atoms with van der Waals surface area (Å²) in [5, 5.41) is 5.44. The molecule has 0 aliphatic carbocycles. The highest BCUT2D eigenvalue weighted by molar-refractivity contribution is 6.35. The molecule has 2 N–H and O–H groups in total. The van der Waals surface area contributed by atoms with Gasteiger partial charge in [-0.1, -0.05) is 29.3 Å². The minimum absolute atomic E-state index is 0.546. The third-order valence-electron chi connectivity index (χ3n) is 2.33. The molecule has 0 amide bonds. The van der Waals surface area contributed by atoms with Gasteiger partial charge in [0.05, 0.1) is 6.54 Å². The molecule has 1 heterocycles. The Balaban J connectivity index is 2.27. The predicted molar refractivity (Wildman–Crippen MR) is 66.9 cm³/mol. The number of benzene rings is 1. The van der Waals surface area contributed by atoms with Crippen molar-refractivity contribution in [2.45, 2.75) is 13.5 Å². The summed E-state index contributed by atoms with van der Waals surface area (Å²) in [5.74, 6) is 0.546. The molecule has 0 aliphatic heterocycles. The maximum absolute atomic E-state index is 6.07. The van der Waals surface area contributed by atoms with E-state index in [9.17, 15) is 0 Å². The van der Waals surface area contributed by atoms with E-state index >= 15 is 0 Å². The van der Waals surface area contributed by atoms with E-state index in [1.165, 1.54) is 0 Å². The minimum Gasteiger partial charge on any atom is -0.382 e. The number of nitrogen functional groups attached to an aromatic ring is 1. The molecule has 2 rings (SSSR count). The van der Waals surface area contributed by atoms with Crippen molar-refractivity contribution in [1.29, 1.82) is 0 Å². The van der Waals surface area contributed by atoms with Crippen LogP contribution in [0.2, 0.25) is 10.0 Å². The van der Waals surface area contributed by atoms with Crippen LogP contribution in [0.25, 0.3) is 0 Å². The predicted octanol–water partition coefficient (Wildman–Crippen LogP) is 3.13. The third-order valence-corrected chi connectivity index (χ3v) is 2.92. The number of halogens is 2. The maximum Gasteiger partial charge on any atom is 0.148 e. The van der Waals surface area contributed by atoms with Gasteiger partial charge in [-0.3, -0.25) is 4.68 Å². The lowest BCUT2D eigenvalue weighted by molar-refractivity contribution is 0.690. The number of aryl methyl sites for hydroxylation is 1. The molecule has 84 valence electrons. The first-order chi connectivity index (χ1) is 7.56. The lowest BCUT2D eigenvalue weighted by Crippen LogP contribution is -2.01. The molecule has 16 heavy (non-hydrogen) atoms. The first-order valence-corrected chi connectivity index (χ1v) is 5.55. The molecule has 2 aromatic rings. The number of rotatable bonds is 2. The molecule has 5 heteroatoms. The molecular weight excluding hydrogens is 245 g/mol. The standard InChI is InChI=1S/C11H11Cl2N3/c1-7-5-16(15-11(7)14)6-8-2-3-9(12)4-10(8)13/h2-5H,6H2,1H3,(H2,14,15). The number of hydrogen-bond donors (Lipinski definition) is 1. The molecular formula is C11H11Cl2N3. The van der Waals surface area contributed by atoms with Crippen molar-refractivity contribution in [3.05, 3.63) is 45.6 Å². The maximum atomic E-state index is 6.07. The van der Waals surface area contributed by atoms with Crippen molar-refractivity contribution in [2.75, 3.05) is 5.73 Å². The lowest BCUT2D eigenvalue weighted by Gasteiger charge is -2.04. The van der Waals surface area contributed by atoms with Crippen LogP contribution in [-0.2, 0) is 6.54 Å². The average Bonchev–Trinajstić information content (AvgIpc) is 2.51. The fourth-order valence-electron chi connectivity index (χ4n) is 1.44. The molecule has 1 aromatic heterocycles. The summed E-state index contributed by atoms with van der Waals surface area (Å²) in [6, 6.07) is 5.42. The van der Waals surface area contributed by atoms with Gasteiger partial charge in [-0.2, -0.15) is 5.10 Å². The van der Waals surface area contributed by atoms with Crippen LogP contribution in [0.3, 0.4) is 0 Å². The van der Waals surface area contributed by atoms with Gasteiger partial charge in [0, 0.05) is 21.8 Å². The molecule has 0 radical (unpaired) electrons. The van der Waals surface area contributed by atoms with E-state index < -0.39 is 0 Å². The second-order valence-electron chi connectivity index (χ2n) is 3.63. The average molecular weight is 256 g/mol. The highest BCUT2D eigenvalue weighted by atomic mass is 35.5. The Morgan fingerprint density at radius 2 is 2.12 bits per heavy atom. The van der Waals surface area contributed by atoms with Crippen LogP contribution >= 0.6 is 23.2 Å². The van der Waals surface area contributed by atoms with E-state index in [4.69, 9.17) is 28.9 Å². The van der Waals surface area contributed by atoms with Crippen LogP contribution in [0.5, 0.6) is 0 Å². The summed E-state index contributed by atoms with van der Waals surface area (Å²) in [5.41, 5.74) is 7.60. The molecule has 0 saturated carbocycles. The van der Waals surface area contributed by atoms with Crippen LogP contribution in [0, 0.1) is 6.92 Å². The van der Waals surface area contributed by atoms with Gasteiger partial charge in [-0.05, 0) is 24.6 Å². The van der Waals surface area contributed by atoms with Crippen molar-refractivity contribution < 1.29 is 0 Å². The number of anilines is 1. The zero-order valence-corrected chi connectivity index (χ0v) is 10.3. The fourth-order valence-corrected chi connectivity index (χ4v) is 1.91. The zero-order valence-electron chi connectivity index (χ0n) is 8.74. The van der Waals surface area contributed by atoms with Gasteiger partial charge in [0.25, 0.3) is 0 Å². The lowest BCUT2D eigenvalue weighted by atomic mass is 10.2. The zero-order chi connectivity index (χ0) is 11.7. The molecule has 0 bridgehead atoms. The van der Waals surface area contributed by atoms with E-state index in [-0.39, 0.29) is 0 Å². The Bertz CT molecular complexity index is 500. The molecule has 0 saturated heterocycles. The van der Waals surface area contributed by atoms with Gasteiger partial charge >= 0.3 is 0 Å². The smallest absolute Gasteiger partial charge is 0.148 e.